The Hall–Kier alpha value is -0.614. The molecule has 0 unspecified atom stereocenters. The first-order valence-corrected chi connectivity index (χ1v) is 5.15. The monoisotopic (exact) mass is 180 g/mol. The van der Waals surface area contributed by atoms with Crippen LogP contribution in [-0.2, 0) is 0 Å². The van der Waals surface area contributed by atoms with Crippen molar-refractivity contribution in [3.05, 3.63) is 22.1 Å². The van der Waals surface area contributed by atoms with Crippen LogP contribution in [0.5, 0.6) is 0 Å². The summed E-state index contributed by atoms with van der Waals surface area (Å²) in [6, 6.07) is 0. The van der Waals surface area contributed by atoms with Gasteiger partial charge in [0.15, 0.2) is 0 Å². The van der Waals surface area contributed by atoms with E-state index in [4.69, 9.17) is 16.6 Å². The molecule has 0 saturated heterocycles. The summed E-state index contributed by atoms with van der Waals surface area (Å²) >= 11 is -0.810. The van der Waals surface area contributed by atoms with Crippen molar-refractivity contribution in [1.29, 1.82) is 0 Å². The summed E-state index contributed by atoms with van der Waals surface area (Å²) in [6.07, 6.45) is 1.58. The topological polar surface area (TPSA) is 72.3 Å². The number of hydrogen-bond acceptors (Lipinski definition) is 3. The molecule has 1 aliphatic rings. The van der Waals surface area contributed by atoms with Gasteiger partial charge in [-0.2, -0.15) is 0 Å². The molecule has 0 aliphatic carbocycles. The second kappa shape index (κ2) is 2.32. The third-order valence-electron chi connectivity index (χ3n) is 1.05. The standard InChI is InChI=1S/C5H7N2O.Ga/c1-4(6)2-5(7)3-8;/h1-2,8H,6-7H2;. The van der Waals surface area contributed by atoms with E-state index in [-0.39, 0.29) is 0 Å². The Kier molecular flexibility index (Phi) is 1.68. The fourth-order valence-electron chi connectivity index (χ4n) is 0.573. The zero-order valence-electron chi connectivity index (χ0n) is 4.83. The summed E-state index contributed by atoms with van der Waals surface area (Å²) in [5.41, 5.74) is 11.9. The Balaban J connectivity index is 2.99. The first kappa shape index (κ1) is 6.51. The van der Waals surface area contributed by atoms with Crippen LogP contribution in [0.15, 0.2) is 22.1 Å². The van der Waals surface area contributed by atoms with Crippen LogP contribution in [-0.4, -0.2) is 26.3 Å². The number of rotatable bonds is 0. The second-order valence-electron chi connectivity index (χ2n) is 1.82. The SMILES string of the molecule is NC1=[CH][Ga]=[C](O)C(N)=C1. The van der Waals surface area contributed by atoms with Crippen LogP contribution in [0.25, 0.3) is 0 Å². The van der Waals surface area contributed by atoms with Gasteiger partial charge in [0, 0.05) is 0 Å². The van der Waals surface area contributed by atoms with Crippen molar-refractivity contribution in [2.45, 2.75) is 0 Å². The van der Waals surface area contributed by atoms with Crippen molar-refractivity contribution >= 4 is 21.2 Å². The van der Waals surface area contributed by atoms with Gasteiger partial charge in [-0.1, -0.05) is 0 Å². The normalized spacial score (nSPS) is 17.1. The maximum absolute atomic E-state index is 8.99. The fraction of sp³-hybridized carbons (Fsp3) is 0. The third-order valence-corrected chi connectivity index (χ3v) is 3.57. The van der Waals surface area contributed by atoms with Gasteiger partial charge in [-0.3, -0.25) is 0 Å². The quantitative estimate of drug-likeness (QED) is 0.413. The van der Waals surface area contributed by atoms with Crippen molar-refractivity contribution in [1.82, 2.24) is 0 Å². The summed E-state index contributed by atoms with van der Waals surface area (Å²) in [5.74, 6) is 0. The molecule has 4 heteroatoms. The Labute approximate surface area is 60.3 Å². The molecule has 5 N–H and O–H groups in total. The number of aliphatic hydroxyl groups is 1. The van der Waals surface area contributed by atoms with E-state index in [1.807, 2.05) is 4.63 Å². The van der Waals surface area contributed by atoms with Crippen molar-refractivity contribution < 1.29 is 5.11 Å². The predicted molar refractivity (Wildman–Crippen MR) is 37.2 cm³/mol. The molecule has 0 fully saturated rings. The number of aliphatic hydroxyl groups excluding tert-OH is 1. The van der Waals surface area contributed by atoms with E-state index in [1.54, 1.807) is 6.08 Å². The molecule has 46 valence electrons. The molecule has 0 atom stereocenters. The van der Waals surface area contributed by atoms with Gasteiger partial charge in [0.25, 0.3) is 0 Å². The molecule has 0 aromatic carbocycles. The van der Waals surface area contributed by atoms with Crippen LogP contribution in [0.4, 0.5) is 0 Å². The van der Waals surface area contributed by atoms with Gasteiger partial charge in [-0.05, 0) is 0 Å². The molecule has 1 rings (SSSR count). The first-order valence-electron chi connectivity index (χ1n) is 2.54. The van der Waals surface area contributed by atoms with Crippen LogP contribution >= 0.6 is 0 Å². The maximum atomic E-state index is 8.99. The molecule has 9 heavy (non-hydrogen) atoms. The molecule has 1 heterocycles. The van der Waals surface area contributed by atoms with E-state index in [2.05, 4.69) is 0 Å². The van der Waals surface area contributed by atoms with Gasteiger partial charge in [0.05, 0.1) is 0 Å². The van der Waals surface area contributed by atoms with E-state index in [1.165, 1.54) is 0 Å². The van der Waals surface area contributed by atoms with Crippen LogP contribution in [0, 0.1) is 0 Å². The average molecular weight is 181 g/mol. The fourth-order valence-corrected chi connectivity index (χ4v) is 2.09. The summed E-state index contributed by atoms with van der Waals surface area (Å²) in [6.45, 7) is 0. The molecule has 0 aromatic heterocycles. The van der Waals surface area contributed by atoms with Gasteiger partial charge >= 0.3 is 59.9 Å². The van der Waals surface area contributed by atoms with Gasteiger partial charge in [0.2, 0.25) is 0 Å². The van der Waals surface area contributed by atoms with Crippen LogP contribution in [0.1, 0.15) is 0 Å². The van der Waals surface area contributed by atoms with Crippen LogP contribution in [0.2, 0.25) is 0 Å². The minimum atomic E-state index is -0.810. The van der Waals surface area contributed by atoms with Crippen LogP contribution < -0.4 is 11.5 Å². The number of allylic oxidation sites excluding steroid dienone is 1. The van der Waals surface area contributed by atoms with Gasteiger partial charge in [-0.15, -0.1) is 0 Å². The molecule has 1 aliphatic heterocycles. The molecular weight excluding hydrogens is 174 g/mol. The molecule has 0 radical (unpaired) electrons. The Morgan fingerprint density at radius 2 is 2.11 bits per heavy atom. The van der Waals surface area contributed by atoms with Crippen LogP contribution in [0.3, 0.4) is 0 Å². The van der Waals surface area contributed by atoms with Crippen molar-refractivity contribution in [3.8, 4) is 0 Å². The van der Waals surface area contributed by atoms with E-state index in [9.17, 15) is 0 Å². The van der Waals surface area contributed by atoms with E-state index >= 15 is 0 Å². The molecule has 0 saturated carbocycles. The van der Waals surface area contributed by atoms with Crippen molar-refractivity contribution in [3.63, 3.8) is 0 Å². The summed E-state index contributed by atoms with van der Waals surface area (Å²) < 4.78 is 2.22. The predicted octanol–water partition coefficient (Wildman–Crippen LogP) is -1.15. The molecule has 0 amide bonds. The summed E-state index contributed by atoms with van der Waals surface area (Å²) in [5, 5.41) is 8.99. The number of hydrogen-bond donors (Lipinski definition) is 3. The molecular formula is C5H7GaN2O. The first-order chi connectivity index (χ1) is 4.20. The zero-order valence-corrected chi connectivity index (χ0v) is 7.26. The van der Waals surface area contributed by atoms with Gasteiger partial charge in [-0.25, -0.2) is 0 Å². The van der Waals surface area contributed by atoms with Crippen molar-refractivity contribution in [2.24, 2.45) is 11.5 Å². The third kappa shape index (κ3) is 1.40. The second-order valence-corrected chi connectivity index (χ2v) is 4.36. The zero-order chi connectivity index (χ0) is 6.85. The van der Waals surface area contributed by atoms with E-state index < -0.39 is 17.0 Å². The molecule has 0 aromatic rings. The van der Waals surface area contributed by atoms with Crippen molar-refractivity contribution in [2.75, 3.05) is 0 Å². The minimum absolute atomic E-state index is 0.355. The Bertz CT molecular complexity index is 217. The molecule has 0 spiro atoms. The molecule has 3 nitrogen and oxygen atoms in total. The number of nitrogens with two attached hydrogens (primary N) is 2. The van der Waals surface area contributed by atoms with E-state index in [0.717, 1.165) is 0 Å². The Morgan fingerprint density at radius 3 is 2.56 bits per heavy atom. The van der Waals surface area contributed by atoms with Gasteiger partial charge < -0.3 is 0 Å². The summed E-state index contributed by atoms with van der Waals surface area (Å²) in [4.78, 5) is 0. The van der Waals surface area contributed by atoms with Gasteiger partial charge in [0.1, 0.15) is 0 Å². The molecule has 0 bridgehead atoms. The summed E-state index contributed by atoms with van der Waals surface area (Å²) in [7, 11) is 0. The Morgan fingerprint density at radius 1 is 1.44 bits per heavy atom. The average Bonchev–Trinajstić information content (AvgIpc) is 1.80. The van der Waals surface area contributed by atoms with E-state index in [0.29, 0.717) is 15.6 Å².